The summed E-state index contributed by atoms with van der Waals surface area (Å²) in [6.45, 7) is 1.75. The van der Waals surface area contributed by atoms with Gasteiger partial charge < -0.3 is 9.13 Å². The molecule has 0 bridgehead atoms. The molecule has 88 valence electrons. The standard InChI is InChI=1S/C13H15N3O/c17-13(11-1-2-11)12-3-5-15(9-12)7-8-16-6-4-14-10-16/h3-6,9-11H,1-2,7-8H2. The number of nitrogens with zero attached hydrogens (tertiary/aromatic N) is 3. The average molecular weight is 229 g/mol. The average Bonchev–Trinajstić information content (AvgIpc) is 2.88. The van der Waals surface area contributed by atoms with Gasteiger partial charge in [-0.05, 0) is 18.9 Å². The van der Waals surface area contributed by atoms with Gasteiger partial charge in [-0.15, -0.1) is 0 Å². The Labute approximate surface area is 99.9 Å². The molecule has 0 aromatic carbocycles. The number of aryl methyl sites for hydroxylation is 2. The van der Waals surface area contributed by atoms with Gasteiger partial charge in [0.2, 0.25) is 0 Å². The van der Waals surface area contributed by atoms with E-state index in [4.69, 9.17) is 0 Å². The third kappa shape index (κ3) is 2.30. The van der Waals surface area contributed by atoms with Crippen molar-refractivity contribution in [1.29, 1.82) is 0 Å². The molecule has 1 fully saturated rings. The maximum atomic E-state index is 11.8. The summed E-state index contributed by atoms with van der Waals surface area (Å²) in [4.78, 5) is 15.8. The number of Topliss-reactive ketones (excluding diaryl/α,β-unsaturated/α-hetero) is 1. The summed E-state index contributed by atoms with van der Waals surface area (Å²) in [5.41, 5.74) is 0.859. The van der Waals surface area contributed by atoms with Crippen molar-refractivity contribution in [3.63, 3.8) is 0 Å². The van der Waals surface area contributed by atoms with E-state index in [1.807, 2.05) is 29.2 Å². The number of imidazole rings is 1. The molecule has 0 atom stereocenters. The van der Waals surface area contributed by atoms with E-state index in [0.29, 0.717) is 11.7 Å². The summed E-state index contributed by atoms with van der Waals surface area (Å²) in [6.07, 6.45) is 11.6. The number of carbonyl (C=O) groups excluding carboxylic acids is 1. The number of carbonyl (C=O) groups is 1. The van der Waals surface area contributed by atoms with Crippen molar-refractivity contribution in [2.75, 3.05) is 0 Å². The summed E-state index contributed by atoms with van der Waals surface area (Å²) in [5.74, 6) is 0.617. The Morgan fingerprint density at radius 1 is 1.29 bits per heavy atom. The van der Waals surface area contributed by atoms with Crippen LogP contribution in [0.4, 0.5) is 0 Å². The third-order valence-electron chi connectivity index (χ3n) is 3.16. The predicted octanol–water partition coefficient (Wildman–Crippen LogP) is 1.98. The fraction of sp³-hybridized carbons (Fsp3) is 0.385. The van der Waals surface area contributed by atoms with E-state index < -0.39 is 0 Å². The van der Waals surface area contributed by atoms with Crippen molar-refractivity contribution in [2.45, 2.75) is 25.9 Å². The Hall–Kier alpha value is -1.84. The molecule has 0 amide bonds. The van der Waals surface area contributed by atoms with Gasteiger partial charge in [0.1, 0.15) is 0 Å². The van der Waals surface area contributed by atoms with E-state index in [-0.39, 0.29) is 0 Å². The molecule has 2 aromatic rings. The first kappa shape index (κ1) is 10.3. The number of hydrogen-bond donors (Lipinski definition) is 0. The number of rotatable bonds is 5. The predicted molar refractivity (Wildman–Crippen MR) is 63.7 cm³/mol. The van der Waals surface area contributed by atoms with Gasteiger partial charge >= 0.3 is 0 Å². The monoisotopic (exact) mass is 229 g/mol. The number of hydrogen-bond acceptors (Lipinski definition) is 2. The maximum absolute atomic E-state index is 11.8. The molecule has 0 unspecified atom stereocenters. The molecule has 17 heavy (non-hydrogen) atoms. The lowest BCUT2D eigenvalue weighted by molar-refractivity contribution is 0.0967. The molecule has 2 aromatic heterocycles. The molecule has 4 heteroatoms. The molecule has 0 N–H and O–H groups in total. The van der Waals surface area contributed by atoms with Gasteiger partial charge in [-0.2, -0.15) is 0 Å². The lowest BCUT2D eigenvalue weighted by Crippen LogP contribution is -2.04. The van der Waals surface area contributed by atoms with Gasteiger partial charge in [0.25, 0.3) is 0 Å². The van der Waals surface area contributed by atoms with Crippen LogP contribution in [0.5, 0.6) is 0 Å². The minimum atomic E-state index is 0.305. The van der Waals surface area contributed by atoms with Crippen LogP contribution in [0.3, 0.4) is 0 Å². The molecule has 0 saturated heterocycles. The maximum Gasteiger partial charge on any atom is 0.167 e. The Kier molecular flexibility index (Phi) is 2.55. The van der Waals surface area contributed by atoms with Gasteiger partial charge in [0.05, 0.1) is 6.33 Å². The van der Waals surface area contributed by atoms with E-state index in [2.05, 4.69) is 9.55 Å². The molecule has 1 aliphatic carbocycles. The highest BCUT2D eigenvalue weighted by Gasteiger charge is 2.30. The first-order valence-corrected chi connectivity index (χ1v) is 5.98. The van der Waals surface area contributed by atoms with Crippen LogP contribution in [0.25, 0.3) is 0 Å². The van der Waals surface area contributed by atoms with Crippen molar-refractivity contribution < 1.29 is 4.79 Å². The highest BCUT2D eigenvalue weighted by molar-refractivity contribution is 5.99. The molecule has 0 radical (unpaired) electrons. The minimum absolute atomic E-state index is 0.305. The fourth-order valence-electron chi connectivity index (χ4n) is 1.96. The summed E-state index contributed by atoms with van der Waals surface area (Å²) in [5, 5.41) is 0. The lowest BCUT2D eigenvalue weighted by atomic mass is 10.1. The van der Waals surface area contributed by atoms with Gasteiger partial charge in [0, 0.05) is 49.4 Å². The highest BCUT2D eigenvalue weighted by Crippen LogP contribution is 2.32. The second-order valence-corrected chi connectivity index (χ2v) is 4.58. The first-order chi connectivity index (χ1) is 8.33. The Morgan fingerprint density at radius 2 is 2.12 bits per heavy atom. The number of aromatic nitrogens is 3. The zero-order valence-electron chi connectivity index (χ0n) is 9.62. The van der Waals surface area contributed by atoms with Crippen molar-refractivity contribution in [1.82, 2.24) is 14.1 Å². The largest absolute Gasteiger partial charge is 0.352 e. The zero-order valence-corrected chi connectivity index (χ0v) is 9.62. The van der Waals surface area contributed by atoms with Gasteiger partial charge in [-0.3, -0.25) is 4.79 Å². The van der Waals surface area contributed by atoms with Gasteiger partial charge in [-0.25, -0.2) is 4.98 Å². The lowest BCUT2D eigenvalue weighted by Gasteiger charge is -2.03. The van der Waals surface area contributed by atoms with Crippen molar-refractivity contribution in [3.05, 3.63) is 42.7 Å². The van der Waals surface area contributed by atoms with Crippen molar-refractivity contribution >= 4 is 5.78 Å². The Balaban J connectivity index is 1.62. The van der Waals surface area contributed by atoms with E-state index >= 15 is 0 Å². The Morgan fingerprint density at radius 3 is 2.82 bits per heavy atom. The highest BCUT2D eigenvalue weighted by atomic mass is 16.1. The van der Waals surface area contributed by atoms with E-state index in [9.17, 15) is 4.79 Å². The fourth-order valence-corrected chi connectivity index (χ4v) is 1.96. The van der Waals surface area contributed by atoms with Gasteiger partial charge in [-0.1, -0.05) is 0 Å². The summed E-state index contributed by atoms with van der Waals surface area (Å²) in [7, 11) is 0. The minimum Gasteiger partial charge on any atom is -0.352 e. The first-order valence-electron chi connectivity index (χ1n) is 5.98. The number of ketones is 1. The van der Waals surface area contributed by atoms with Crippen molar-refractivity contribution in [2.24, 2.45) is 5.92 Å². The van der Waals surface area contributed by atoms with Crippen LogP contribution < -0.4 is 0 Å². The van der Waals surface area contributed by atoms with Crippen LogP contribution in [-0.2, 0) is 13.1 Å². The molecule has 4 nitrogen and oxygen atoms in total. The molecular weight excluding hydrogens is 214 g/mol. The Bertz CT molecular complexity index is 509. The van der Waals surface area contributed by atoms with Crippen LogP contribution in [-0.4, -0.2) is 19.9 Å². The van der Waals surface area contributed by atoms with Crippen molar-refractivity contribution in [3.8, 4) is 0 Å². The second-order valence-electron chi connectivity index (χ2n) is 4.58. The molecule has 0 aliphatic heterocycles. The van der Waals surface area contributed by atoms with Crippen LogP contribution in [0, 0.1) is 5.92 Å². The van der Waals surface area contributed by atoms with Crippen LogP contribution in [0.15, 0.2) is 37.2 Å². The third-order valence-corrected chi connectivity index (χ3v) is 3.16. The normalized spacial score (nSPS) is 15.1. The van der Waals surface area contributed by atoms with Crippen LogP contribution >= 0.6 is 0 Å². The van der Waals surface area contributed by atoms with Gasteiger partial charge in [0.15, 0.2) is 5.78 Å². The molecule has 2 heterocycles. The van der Waals surface area contributed by atoms with E-state index in [1.54, 1.807) is 12.5 Å². The summed E-state index contributed by atoms with van der Waals surface area (Å²) in [6, 6.07) is 1.93. The summed E-state index contributed by atoms with van der Waals surface area (Å²) >= 11 is 0. The van der Waals surface area contributed by atoms with E-state index in [1.165, 1.54) is 0 Å². The molecular formula is C13H15N3O. The summed E-state index contributed by atoms with van der Waals surface area (Å²) < 4.78 is 4.10. The van der Waals surface area contributed by atoms with Crippen LogP contribution in [0.2, 0.25) is 0 Å². The van der Waals surface area contributed by atoms with Crippen LogP contribution in [0.1, 0.15) is 23.2 Å². The van der Waals surface area contributed by atoms with E-state index in [0.717, 1.165) is 31.5 Å². The molecule has 1 saturated carbocycles. The topological polar surface area (TPSA) is 39.8 Å². The second kappa shape index (κ2) is 4.20. The zero-order chi connectivity index (χ0) is 11.7. The molecule has 0 spiro atoms. The smallest absolute Gasteiger partial charge is 0.167 e. The molecule has 1 aliphatic rings. The SMILES string of the molecule is O=C(c1ccn(CCn2ccnc2)c1)C1CC1. The molecule has 3 rings (SSSR count). The quantitative estimate of drug-likeness (QED) is 0.735.